The molecule has 3 aromatic rings. The SMILES string of the molecule is N#Cc1cc(-c2ccnc(NC(=O)[C@@H]3C[C@H]3c3cscn3)c2)ccc1OC1CCOCC1. The van der Waals surface area contributed by atoms with Crippen molar-refractivity contribution in [2.24, 2.45) is 5.92 Å². The van der Waals surface area contributed by atoms with E-state index in [9.17, 15) is 10.1 Å². The van der Waals surface area contributed by atoms with Crippen molar-refractivity contribution in [3.8, 4) is 22.9 Å². The molecule has 2 atom stereocenters. The number of hydrogen-bond donors (Lipinski definition) is 1. The number of rotatable bonds is 6. The number of amides is 1. The molecule has 0 bridgehead atoms. The van der Waals surface area contributed by atoms with Gasteiger partial charge in [0.25, 0.3) is 0 Å². The highest BCUT2D eigenvalue weighted by molar-refractivity contribution is 7.07. The highest BCUT2D eigenvalue weighted by Gasteiger charge is 2.45. The maximum absolute atomic E-state index is 12.6. The highest BCUT2D eigenvalue weighted by Crippen LogP contribution is 2.47. The molecule has 1 N–H and O–H groups in total. The average molecular weight is 447 g/mol. The van der Waals surface area contributed by atoms with Crippen LogP contribution in [-0.4, -0.2) is 35.2 Å². The monoisotopic (exact) mass is 446 g/mol. The van der Waals surface area contributed by atoms with Crippen LogP contribution >= 0.6 is 11.3 Å². The van der Waals surface area contributed by atoms with Crippen LogP contribution in [0.25, 0.3) is 11.1 Å². The fraction of sp³-hybridized carbons (Fsp3) is 0.333. The van der Waals surface area contributed by atoms with Crippen LogP contribution in [0.3, 0.4) is 0 Å². The molecule has 5 rings (SSSR count). The van der Waals surface area contributed by atoms with Crippen LogP contribution in [-0.2, 0) is 9.53 Å². The molecule has 162 valence electrons. The summed E-state index contributed by atoms with van der Waals surface area (Å²) in [6, 6.07) is 11.5. The summed E-state index contributed by atoms with van der Waals surface area (Å²) in [6.45, 7) is 1.36. The zero-order valence-electron chi connectivity index (χ0n) is 17.4. The molecule has 1 aliphatic carbocycles. The number of nitrogens with one attached hydrogen (secondary N) is 1. The van der Waals surface area contributed by atoms with E-state index in [1.54, 1.807) is 23.0 Å². The van der Waals surface area contributed by atoms with Gasteiger partial charge in [-0.2, -0.15) is 5.26 Å². The second-order valence-corrected chi connectivity index (χ2v) is 8.75. The first-order chi connectivity index (χ1) is 15.7. The molecule has 7 nitrogen and oxygen atoms in total. The molecule has 1 amide bonds. The van der Waals surface area contributed by atoms with Crippen molar-refractivity contribution in [1.29, 1.82) is 5.26 Å². The molecule has 2 fully saturated rings. The molecule has 3 heterocycles. The van der Waals surface area contributed by atoms with Crippen LogP contribution in [0.1, 0.15) is 36.4 Å². The molecule has 1 aromatic carbocycles. The minimum atomic E-state index is -0.0608. The van der Waals surface area contributed by atoms with E-state index in [0.717, 1.165) is 36.1 Å². The number of ether oxygens (including phenoxy) is 2. The number of anilines is 1. The van der Waals surface area contributed by atoms with Crippen LogP contribution in [0, 0.1) is 17.2 Å². The Morgan fingerprint density at radius 3 is 2.81 bits per heavy atom. The number of thiazole rings is 1. The van der Waals surface area contributed by atoms with Crippen molar-refractivity contribution >= 4 is 23.1 Å². The molecule has 0 unspecified atom stereocenters. The first-order valence-electron chi connectivity index (χ1n) is 10.6. The zero-order valence-corrected chi connectivity index (χ0v) is 18.2. The summed E-state index contributed by atoms with van der Waals surface area (Å²) in [5.74, 6) is 1.19. The summed E-state index contributed by atoms with van der Waals surface area (Å²) in [5, 5.41) is 14.6. The number of nitrogens with zero attached hydrogens (tertiary/aromatic N) is 3. The maximum Gasteiger partial charge on any atom is 0.229 e. The zero-order chi connectivity index (χ0) is 21.9. The van der Waals surface area contributed by atoms with Gasteiger partial charge in [0.2, 0.25) is 5.91 Å². The van der Waals surface area contributed by atoms with Gasteiger partial charge in [0.15, 0.2) is 0 Å². The molecule has 1 aliphatic heterocycles. The summed E-state index contributed by atoms with van der Waals surface area (Å²) in [6.07, 6.45) is 4.19. The third-order valence-electron chi connectivity index (χ3n) is 5.87. The largest absolute Gasteiger partial charge is 0.489 e. The van der Waals surface area contributed by atoms with Crippen molar-refractivity contribution in [1.82, 2.24) is 9.97 Å². The van der Waals surface area contributed by atoms with Gasteiger partial charge in [-0.05, 0) is 41.8 Å². The molecule has 32 heavy (non-hydrogen) atoms. The predicted octanol–water partition coefficient (Wildman–Crippen LogP) is 4.38. The van der Waals surface area contributed by atoms with Crippen molar-refractivity contribution in [3.63, 3.8) is 0 Å². The molecule has 1 saturated heterocycles. The standard InChI is InChI=1S/C24H22N4O3S/c25-12-17-9-15(1-2-22(17)31-18-4-7-30-8-5-18)16-3-6-26-23(10-16)28-24(29)20-11-19(20)21-13-32-14-27-21/h1-3,6,9-10,13-14,18-20H,4-5,7-8,11H2,(H,26,28,29)/t19-,20-/m1/s1. The lowest BCUT2D eigenvalue weighted by Crippen LogP contribution is -2.26. The van der Waals surface area contributed by atoms with Crippen LogP contribution in [0.4, 0.5) is 5.82 Å². The van der Waals surface area contributed by atoms with Crippen LogP contribution < -0.4 is 10.1 Å². The Hall–Kier alpha value is -3.28. The number of aromatic nitrogens is 2. The van der Waals surface area contributed by atoms with E-state index in [0.29, 0.717) is 30.3 Å². The summed E-state index contributed by atoms with van der Waals surface area (Å²) in [5.41, 5.74) is 5.01. The van der Waals surface area contributed by atoms with Gasteiger partial charge in [0.05, 0.1) is 30.0 Å². The van der Waals surface area contributed by atoms with Gasteiger partial charge in [0.1, 0.15) is 23.7 Å². The van der Waals surface area contributed by atoms with Crippen molar-refractivity contribution in [2.75, 3.05) is 18.5 Å². The topological polar surface area (TPSA) is 97.1 Å². The molecule has 0 spiro atoms. The van der Waals surface area contributed by atoms with Crippen LogP contribution in [0.5, 0.6) is 5.75 Å². The Morgan fingerprint density at radius 2 is 2.03 bits per heavy atom. The van der Waals surface area contributed by atoms with Crippen LogP contribution in [0.15, 0.2) is 47.4 Å². The van der Waals surface area contributed by atoms with Gasteiger partial charge < -0.3 is 14.8 Å². The normalized spacial score (nSPS) is 20.3. The first-order valence-corrected chi connectivity index (χ1v) is 11.6. The Bertz CT molecular complexity index is 1150. The molecular weight excluding hydrogens is 424 g/mol. The van der Waals surface area contributed by atoms with E-state index >= 15 is 0 Å². The molecule has 1 saturated carbocycles. The number of carbonyl (C=O) groups excluding carboxylic acids is 1. The number of benzene rings is 1. The van der Waals surface area contributed by atoms with Crippen LogP contribution in [0.2, 0.25) is 0 Å². The Kier molecular flexibility index (Phi) is 5.84. The Balaban J connectivity index is 1.28. The summed E-state index contributed by atoms with van der Waals surface area (Å²) in [4.78, 5) is 21.2. The van der Waals surface area contributed by atoms with Gasteiger partial charge in [-0.25, -0.2) is 9.97 Å². The van der Waals surface area contributed by atoms with Gasteiger partial charge in [-0.15, -0.1) is 11.3 Å². The molecule has 2 aliphatic rings. The van der Waals surface area contributed by atoms with E-state index in [-0.39, 0.29) is 23.8 Å². The molecule has 0 radical (unpaired) electrons. The Morgan fingerprint density at radius 1 is 1.19 bits per heavy atom. The fourth-order valence-corrected chi connectivity index (χ4v) is 4.61. The highest BCUT2D eigenvalue weighted by atomic mass is 32.1. The van der Waals surface area contributed by atoms with E-state index in [2.05, 4.69) is 21.4 Å². The number of pyridine rings is 1. The van der Waals surface area contributed by atoms with E-state index in [1.165, 1.54) is 0 Å². The predicted molar refractivity (Wildman–Crippen MR) is 120 cm³/mol. The van der Waals surface area contributed by atoms with Crippen molar-refractivity contribution in [3.05, 3.63) is 58.7 Å². The van der Waals surface area contributed by atoms with Crippen molar-refractivity contribution < 1.29 is 14.3 Å². The molecule has 2 aromatic heterocycles. The number of hydrogen-bond acceptors (Lipinski definition) is 7. The maximum atomic E-state index is 12.6. The quantitative estimate of drug-likeness (QED) is 0.604. The van der Waals surface area contributed by atoms with E-state index in [4.69, 9.17) is 9.47 Å². The van der Waals surface area contributed by atoms with Gasteiger partial charge in [-0.1, -0.05) is 6.07 Å². The van der Waals surface area contributed by atoms with E-state index in [1.807, 2.05) is 35.7 Å². The molecule has 8 heteroatoms. The van der Waals surface area contributed by atoms with Gasteiger partial charge in [-0.3, -0.25) is 4.79 Å². The fourth-order valence-electron chi connectivity index (χ4n) is 3.99. The third kappa shape index (κ3) is 4.49. The smallest absolute Gasteiger partial charge is 0.229 e. The summed E-state index contributed by atoms with van der Waals surface area (Å²) in [7, 11) is 0. The van der Waals surface area contributed by atoms with Gasteiger partial charge in [0, 0.05) is 36.3 Å². The number of nitriles is 1. The lowest BCUT2D eigenvalue weighted by atomic mass is 10.0. The summed E-state index contributed by atoms with van der Waals surface area (Å²) < 4.78 is 11.4. The lowest BCUT2D eigenvalue weighted by Gasteiger charge is -2.23. The van der Waals surface area contributed by atoms with Crippen molar-refractivity contribution in [2.45, 2.75) is 31.3 Å². The minimum Gasteiger partial charge on any atom is -0.489 e. The number of carbonyl (C=O) groups is 1. The first kappa shape index (κ1) is 20.6. The second kappa shape index (κ2) is 9.07. The Labute approximate surface area is 190 Å². The average Bonchev–Trinajstić information content (AvgIpc) is 3.45. The van der Waals surface area contributed by atoms with Gasteiger partial charge >= 0.3 is 0 Å². The lowest BCUT2D eigenvalue weighted by molar-refractivity contribution is -0.117. The van der Waals surface area contributed by atoms with E-state index < -0.39 is 0 Å². The minimum absolute atomic E-state index is 0.0365. The third-order valence-corrected chi connectivity index (χ3v) is 6.47. The molecular formula is C24H22N4O3S. The summed E-state index contributed by atoms with van der Waals surface area (Å²) >= 11 is 1.55. The second-order valence-electron chi connectivity index (χ2n) is 8.03.